The van der Waals surface area contributed by atoms with E-state index in [0.717, 1.165) is 22.4 Å². The molecule has 1 radical (unpaired) electrons. The molecule has 0 saturated carbocycles. The minimum atomic E-state index is 0. The SMILES string of the molecule is C=C1C(Br)=C[C-]=C(c2ccccc2)N1CC.[Y]. The second-order valence-corrected chi connectivity index (χ2v) is 4.40. The van der Waals surface area contributed by atoms with Gasteiger partial charge in [-0.1, -0.05) is 40.5 Å². The molecule has 0 unspecified atom stereocenters. The third-order valence-corrected chi connectivity index (χ3v) is 3.26. The molecule has 1 aliphatic heterocycles. The zero-order valence-electron chi connectivity index (χ0n) is 9.78. The summed E-state index contributed by atoms with van der Waals surface area (Å²) in [5, 5.41) is 0. The van der Waals surface area contributed by atoms with Crippen LogP contribution in [-0.2, 0) is 32.7 Å². The molecule has 1 aromatic rings. The average molecular weight is 364 g/mol. The average Bonchev–Trinajstić information content (AvgIpc) is 2.33. The Morgan fingerprint density at radius 1 is 1.29 bits per heavy atom. The Hall–Kier alpha value is -0.176. The van der Waals surface area contributed by atoms with Crippen molar-refractivity contribution in [1.29, 1.82) is 0 Å². The molecule has 0 bridgehead atoms. The first kappa shape index (κ1) is 14.9. The van der Waals surface area contributed by atoms with Crippen LogP contribution in [0, 0.1) is 6.08 Å². The molecule has 1 nitrogen and oxygen atoms in total. The molecule has 2 rings (SSSR count). The molecular weight excluding hydrogens is 351 g/mol. The van der Waals surface area contributed by atoms with Gasteiger partial charge in [0.15, 0.2) is 0 Å². The Morgan fingerprint density at radius 2 is 1.94 bits per heavy atom. The van der Waals surface area contributed by atoms with Crippen molar-refractivity contribution in [2.75, 3.05) is 6.54 Å². The predicted octanol–water partition coefficient (Wildman–Crippen LogP) is 3.96. The number of halogens is 1. The summed E-state index contributed by atoms with van der Waals surface area (Å²) in [6, 6.07) is 10.3. The summed E-state index contributed by atoms with van der Waals surface area (Å²) >= 11 is 3.48. The summed E-state index contributed by atoms with van der Waals surface area (Å²) in [7, 11) is 0. The van der Waals surface area contributed by atoms with E-state index in [1.54, 1.807) is 0 Å². The van der Waals surface area contributed by atoms with Crippen LogP contribution in [0.2, 0.25) is 0 Å². The van der Waals surface area contributed by atoms with Gasteiger partial charge in [0.1, 0.15) is 0 Å². The maximum Gasteiger partial charge on any atom is 0.0169 e. The van der Waals surface area contributed by atoms with Crippen molar-refractivity contribution in [3.8, 4) is 0 Å². The van der Waals surface area contributed by atoms with Gasteiger partial charge in [-0.05, 0) is 12.6 Å². The molecule has 1 aromatic carbocycles. The van der Waals surface area contributed by atoms with Crippen molar-refractivity contribution < 1.29 is 32.7 Å². The topological polar surface area (TPSA) is 3.24 Å². The Kier molecular flexibility index (Phi) is 5.84. The molecule has 0 saturated heterocycles. The van der Waals surface area contributed by atoms with E-state index in [0.29, 0.717) is 0 Å². The molecule has 0 atom stereocenters. The van der Waals surface area contributed by atoms with E-state index >= 15 is 0 Å². The van der Waals surface area contributed by atoms with Gasteiger partial charge in [0.2, 0.25) is 0 Å². The van der Waals surface area contributed by atoms with Crippen LogP contribution in [0.1, 0.15) is 12.5 Å². The zero-order chi connectivity index (χ0) is 11.5. The van der Waals surface area contributed by atoms with Gasteiger partial charge < -0.3 is 4.90 Å². The fourth-order valence-electron chi connectivity index (χ4n) is 1.74. The van der Waals surface area contributed by atoms with Crippen LogP contribution in [-0.4, -0.2) is 11.4 Å². The van der Waals surface area contributed by atoms with Crippen LogP contribution in [0.15, 0.2) is 53.2 Å². The summed E-state index contributed by atoms with van der Waals surface area (Å²) in [6.07, 6.45) is 5.22. The van der Waals surface area contributed by atoms with Gasteiger partial charge >= 0.3 is 0 Å². The smallest absolute Gasteiger partial charge is 0.0169 e. The van der Waals surface area contributed by atoms with Gasteiger partial charge in [0.05, 0.1) is 0 Å². The number of hydrogen-bond donors (Lipinski definition) is 0. The first-order valence-electron chi connectivity index (χ1n) is 5.25. The number of rotatable bonds is 2. The van der Waals surface area contributed by atoms with Gasteiger partial charge in [0, 0.05) is 39.3 Å². The zero-order valence-corrected chi connectivity index (χ0v) is 14.2. The van der Waals surface area contributed by atoms with Gasteiger partial charge in [-0.2, -0.15) is 12.2 Å². The van der Waals surface area contributed by atoms with E-state index in [1.165, 1.54) is 5.56 Å². The summed E-state index contributed by atoms with van der Waals surface area (Å²) < 4.78 is 0.994. The van der Waals surface area contributed by atoms with Crippen molar-refractivity contribution in [3.63, 3.8) is 0 Å². The second-order valence-electron chi connectivity index (χ2n) is 3.54. The molecule has 1 heterocycles. The number of allylic oxidation sites excluding steroid dienone is 3. The Labute approximate surface area is 136 Å². The Balaban J connectivity index is 0.00000144. The van der Waals surface area contributed by atoms with Crippen molar-refractivity contribution in [3.05, 3.63) is 64.8 Å². The van der Waals surface area contributed by atoms with Crippen molar-refractivity contribution in [2.24, 2.45) is 0 Å². The van der Waals surface area contributed by atoms with Crippen LogP contribution in [0.4, 0.5) is 0 Å². The summed E-state index contributed by atoms with van der Waals surface area (Å²) in [6.45, 7) is 7.07. The molecule has 17 heavy (non-hydrogen) atoms. The van der Waals surface area contributed by atoms with Crippen LogP contribution in [0.5, 0.6) is 0 Å². The van der Waals surface area contributed by atoms with Crippen molar-refractivity contribution >= 4 is 21.6 Å². The first-order chi connectivity index (χ1) is 7.74. The number of benzene rings is 1. The fraction of sp³-hybridized carbons (Fsp3) is 0.143. The largest absolute Gasteiger partial charge is 0.375 e. The summed E-state index contributed by atoms with van der Waals surface area (Å²) in [4.78, 5) is 2.15. The van der Waals surface area contributed by atoms with Crippen LogP contribution in [0.3, 0.4) is 0 Å². The maximum atomic E-state index is 4.07. The number of hydrogen-bond acceptors (Lipinski definition) is 1. The molecule has 0 aromatic heterocycles. The van der Waals surface area contributed by atoms with Crippen LogP contribution >= 0.6 is 15.9 Å². The van der Waals surface area contributed by atoms with Gasteiger partial charge in [0.25, 0.3) is 0 Å². The minimum absolute atomic E-state index is 0. The molecule has 85 valence electrons. The van der Waals surface area contributed by atoms with E-state index in [1.807, 2.05) is 24.3 Å². The van der Waals surface area contributed by atoms with Crippen LogP contribution < -0.4 is 0 Å². The normalized spacial score (nSPS) is 14.9. The van der Waals surface area contributed by atoms with Gasteiger partial charge in [-0.3, -0.25) is 0 Å². The molecule has 0 fully saturated rings. The Morgan fingerprint density at radius 3 is 2.53 bits per heavy atom. The number of nitrogens with zero attached hydrogens (tertiary/aromatic N) is 1. The summed E-state index contributed by atoms with van der Waals surface area (Å²) in [5.41, 5.74) is 3.23. The third kappa shape index (κ3) is 3.18. The quantitative estimate of drug-likeness (QED) is 0.719. The summed E-state index contributed by atoms with van der Waals surface area (Å²) in [5.74, 6) is 0. The van der Waals surface area contributed by atoms with E-state index in [4.69, 9.17) is 0 Å². The van der Waals surface area contributed by atoms with Gasteiger partial charge in [-0.25, -0.2) is 0 Å². The molecule has 0 spiro atoms. The molecule has 0 N–H and O–H groups in total. The standard InChI is InChI=1S/C14H13BrN.Y/c1-3-16-11(2)13(15)9-10-14(16)12-7-5-4-6-8-12;/h4-9H,2-3H2,1H3;/q-1;. The maximum absolute atomic E-state index is 4.07. The fourth-order valence-corrected chi connectivity index (χ4v) is 2.07. The molecule has 0 aliphatic carbocycles. The molecular formula is C14H13BrNY-. The van der Waals surface area contributed by atoms with Crippen molar-refractivity contribution in [1.82, 2.24) is 4.90 Å². The van der Waals surface area contributed by atoms with E-state index < -0.39 is 0 Å². The van der Waals surface area contributed by atoms with E-state index in [2.05, 4.69) is 52.5 Å². The van der Waals surface area contributed by atoms with E-state index in [-0.39, 0.29) is 32.7 Å². The predicted molar refractivity (Wildman–Crippen MR) is 71.6 cm³/mol. The monoisotopic (exact) mass is 363 g/mol. The molecule has 3 heteroatoms. The van der Waals surface area contributed by atoms with Gasteiger partial charge in [-0.15, -0.1) is 28.1 Å². The second kappa shape index (κ2) is 6.68. The third-order valence-electron chi connectivity index (χ3n) is 2.57. The molecule has 1 aliphatic rings. The first-order valence-corrected chi connectivity index (χ1v) is 6.04. The Bertz CT molecular complexity index is 462. The van der Waals surface area contributed by atoms with Crippen molar-refractivity contribution in [2.45, 2.75) is 6.92 Å². The number of likely N-dealkylation sites (N-methyl/N-ethyl adjacent to an activating group) is 1. The van der Waals surface area contributed by atoms with Crippen LogP contribution in [0.25, 0.3) is 5.70 Å². The van der Waals surface area contributed by atoms with E-state index in [9.17, 15) is 0 Å². The minimum Gasteiger partial charge on any atom is -0.375 e. The molecule has 0 amide bonds.